The van der Waals surface area contributed by atoms with Gasteiger partial charge >= 0.3 is 0 Å². The van der Waals surface area contributed by atoms with Crippen molar-refractivity contribution >= 4 is 0 Å². The second kappa shape index (κ2) is 2.63. The van der Waals surface area contributed by atoms with E-state index in [1.54, 1.807) is 6.26 Å². The summed E-state index contributed by atoms with van der Waals surface area (Å²) in [5.41, 5.74) is -0.678. The zero-order valence-electron chi connectivity index (χ0n) is 7.29. The Kier molecular flexibility index (Phi) is 1.72. The monoisotopic (exact) mass is 166 g/mol. The summed E-state index contributed by atoms with van der Waals surface area (Å²) in [6.45, 7) is 2.17. The van der Waals surface area contributed by atoms with Crippen molar-refractivity contribution in [3.05, 3.63) is 24.2 Å². The van der Waals surface area contributed by atoms with Crippen LogP contribution in [-0.4, -0.2) is 5.11 Å². The van der Waals surface area contributed by atoms with E-state index in [1.165, 1.54) is 0 Å². The van der Waals surface area contributed by atoms with Crippen molar-refractivity contribution in [2.24, 2.45) is 5.92 Å². The first kappa shape index (κ1) is 7.87. The first-order valence-electron chi connectivity index (χ1n) is 4.47. The molecule has 1 aliphatic rings. The summed E-state index contributed by atoms with van der Waals surface area (Å²) >= 11 is 0. The Hall–Kier alpha value is -0.760. The molecule has 0 amide bonds. The lowest BCUT2D eigenvalue weighted by Gasteiger charge is -2.19. The molecule has 2 atom stereocenters. The Morgan fingerprint density at radius 1 is 1.67 bits per heavy atom. The van der Waals surface area contributed by atoms with Crippen LogP contribution >= 0.6 is 0 Å². The maximum atomic E-state index is 10.1. The van der Waals surface area contributed by atoms with Gasteiger partial charge in [0.25, 0.3) is 0 Å². The normalized spacial score (nSPS) is 35.7. The average molecular weight is 166 g/mol. The lowest BCUT2D eigenvalue weighted by atomic mass is 9.98. The van der Waals surface area contributed by atoms with Gasteiger partial charge in [0.1, 0.15) is 11.4 Å². The van der Waals surface area contributed by atoms with Gasteiger partial charge in [0.2, 0.25) is 0 Å². The van der Waals surface area contributed by atoms with Crippen LogP contribution in [0.15, 0.2) is 22.8 Å². The molecular formula is C10H14O2. The maximum Gasteiger partial charge on any atom is 0.135 e. The molecule has 2 heteroatoms. The molecule has 12 heavy (non-hydrogen) atoms. The number of rotatable bonds is 1. The van der Waals surface area contributed by atoms with E-state index in [9.17, 15) is 5.11 Å². The summed E-state index contributed by atoms with van der Waals surface area (Å²) in [4.78, 5) is 0. The number of aliphatic hydroxyl groups is 1. The Balaban J connectivity index is 2.23. The standard InChI is InChI=1S/C10H14O2/c1-8-4-5-10(11,7-8)9-3-2-6-12-9/h2-3,6,8,11H,4-5,7H2,1H3. The molecule has 1 heterocycles. The van der Waals surface area contributed by atoms with Gasteiger partial charge in [0.15, 0.2) is 0 Å². The van der Waals surface area contributed by atoms with Gasteiger partial charge in [-0.25, -0.2) is 0 Å². The van der Waals surface area contributed by atoms with Crippen LogP contribution in [0, 0.1) is 5.92 Å². The van der Waals surface area contributed by atoms with Crippen LogP contribution in [0.3, 0.4) is 0 Å². The molecule has 0 radical (unpaired) electrons. The first-order valence-corrected chi connectivity index (χ1v) is 4.47. The van der Waals surface area contributed by atoms with Crippen LogP contribution in [-0.2, 0) is 5.60 Å². The molecule has 0 aliphatic heterocycles. The van der Waals surface area contributed by atoms with Crippen molar-refractivity contribution in [1.29, 1.82) is 0 Å². The molecule has 1 aromatic rings. The van der Waals surface area contributed by atoms with E-state index in [0.29, 0.717) is 5.92 Å². The van der Waals surface area contributed by atoms with Crippen LogP contribution in [0.4, 0.5) is 0 Å². The zero-order valence-corrected chi connectivity index (χ0v) is 7.29. The van der Waals surface area contributed by atoms with E-state index < -0.39 is 5.60 Å². The van der Waals surface area contributed by atoms with Crippen molar-refractivity contribution in [2.45, 2.75) is 31.8 Å². The third-order valence-corrected chi connectivity index (χ3v) is 2.72. The first-order chi connectivity index (χ1) is 5.71. The molecule has 1 N–H and O–H groups in total. The summed E-state index contributed by atoms with van der Waals surface area (Å²) < 4.78 is 5.22. The van der Waals surface area contributed by atoms with E-state index in [4.69, 9.17) is 4.42 Å². The SMILES string of the molecule is CC1CCC(O)(c2ccco2)C1. The molecule has 1 fully saturated rings. The molecule has 66 valence electrons. The fraction of sp³-hybridized carbons (Fsp3) is 0.600. The summed E-state index contributed by atoms with van der Waals surface area (Å²) in [5, 5.41) is 10.1. The van der Waals surface area contributed by atoms with Gasteiger partial charge in [-0.05, 0) is 37.3 Å². The number of hydrogen-bond donors (Lipinski definition) is 1. The van der Waals surface area contributed by atoms with Crippen molar-refractivity contribution in [3.8, 4) is 0 Å². The van der Waals surface area contributed by atoms with Gasteiger partial charge in [-0.15, -0.1) is 0 Å². The topological polar surface area (TPSA) is 33.4 Å². The second-order valence-corrected chi connectivity index (χ2v) is 3.86. The van der Waals surface area contributed by atoms with Crippen LogP contribution in [0.25, 0.3) is 0 Å². The number of hydrogen-bond acceptors (Lipinski definition) is 2. The van der Waals surface area contributed by atoms with E-state index in [-0.39, 0.29) is 0 Å². The Morgan fingerprint density at radius 3 is 3.00 bits per heavy atom. The second-order valence-electron chi connectivity index (χ2n) is 3.86. The third-order valence-electron chi connectivity index (χ3n) is 2.72. The molecule has 2 unspecified atom stereocenters. The largest absolute Gasteiger partial charge is 0.466 e. The van der Waals surface area contributed by atoms with Gasteiger partial charge in [0.05, 0.1) is 6.26 Å². The maximum absolute atomic E-state index is 10.1. The molecule has 0 spiro atoms. The van der Waals surface area contributed by atoms with Crippen molar-refractivity contribution in [3.63, 3.8) is 0 Å². The molecular weight excluding hydrogens is 152 g/mol. The molecule has 0 bridgehead atoms. The van der Waals surface area contributed by atoms with Crippen LogP contribution < -0.4 is 0 Å². The average Bonchev–Trinajstić information content (AvgIpc) is 2.59. The van der Waals surface area contributed by atoms with Crippen LogP contribution in [0.1, 0.15) is 31.9 Å². The third kappa shape index (κ3) is 1.16. The smallest absolute Gasteiger partial charge is 0.135 e. The molecule has 0 aromatic carbocycles. The Bertz CT molecular complexity index is 253. The molecule has 2 rings (SSSR count). The Morgan fingerprint density at radius 2 is 2.50 bits per heavy atom. The lowest BCUT2D eigenvalue weighted by molar-refractivity contribution is 0.0186. The highest BCUT2D eigenvalue weighted by molar-refractivity contribution is 5.11. The highest BCUT2D eigenvalue weighted by Crippen LogP contribution is 2.41. The number of furan rings is 1. The van der Waals surface area contributed by atoms with E-state index in [2.05, 4.69) is 6.92 Å². The van der Waals surface area contributed by atoms with Crippen LogP contribution in [0.5, 0.6) is 0 Å². The Labute approximate surface area is 72.2 Å². The predicted molar refractivity (Wildman–Crippen MR) is 45.6 cm³/mol. The quantitative estimate of drug-likeness (QED) is 0.694. The van der Waals surface area contributed by atoms with Gasteiger partial charge < -0.3 is 9.52 Å². The van der Waals surface area contributed by atoms with Crippen molar-refractivity contribution in [2.75, 3.05) is 0 Å². The lowest BCUT2D eigenvalue weighted by Crippen LogP contribution is -2.20. The minimum absolute atomic E-state index is 0.611. The fourth-order valence-corrected chi connectivity index (χ4v) is 2.03. The summed E-state index contributed by atoms with van der Waals surface area (Å²) in [7, 11) is 0. The minimum atomic E-state index is -0.678. The van der Waals surface area contributed by atoms with Gasteiger partial charge in [0, 0.05) is 0 Å². The molecule has 1 saturated carbocycles. The predicted octanol–water partition coefficient (Wildman–Crippen LogP) is 2.29. The summed E-state index contributed by atoms with van der Waals surface area (Å²) in [6, 6.07) is 3.69. The summed E-state index contributed by atoms with van der Waals surface area (Å²) in [5.74, 6) is 1.34. The molecule has 2 nitrogen and oxygen atoms in total. The van der Waals surface area contributed by atoms with Crippen molar-refractivity contribution < 1.29 is 9.52 Å². The molecule has 0 saturated heterocycles. The molecule has 1 aliphatic carbocycles. The zero-order chi connectivity index (χ0) is 8.60. The highest BCUT2D eigenvalue weighted by Gasteiger charge is 2.38. The van der Waals surface area contributed by atoms with E-state index >= 15 is 0 Å². The van der Waals surface area contributed by atoms with E-state index in [0.717, 1.165) is 25.0 Å². The van der Waals surface area contributed by atoms with Gasteiger partial charge in [-0.3, -0.25) is 0 Å². The van der Waals surface area contributed by atoms with Gasteiger partial charge in [-0.1, -0.05) is 6.92 Å². The van der Waals surface area contributed by atoms with Gasteiger partial charge in [-0.2, -0.15) is 0 Å². The summed E-state index contributed by atoms with van der Waals surface area (Å²) in [6.07, 6.45) is 4.38. The highest BCUT2D eigenvalue weighted by atomic mass is 16.4. The van der Waals surface area contributed by atoms with E-state index in [1.807, 2.05) is 12.1 Å². The fourth-order valence-electron chi connectivity index (χ4n) is 2.03. The minimum Gasteiger partial charge on any atom is -0.466 e. The molecule has 1 aromatic heterocycles. The van der Waals surface area contributed by atoms with Crippen LogP contribution in [0.2, 0.25) is 0 Å². The van der Waals surface area contributed by atoms with Crippen molar-refractivity contribution in [1.82, 2.24) is 0 Å².